The molecule has 0 N–H and O–H groups in total. The molecule has 0 fully saturated rings. The van der Waals surface area contributed by atoms with Gasteiger partial charge in [0.1, 0.15) is 12.4 Å². The minimum atomic E-state index is -2.44. The molecule has 1 aromatic heterocycles. The van der Waals surface area contributed by atoms with E-state index in [2.05, 4.69) is 27.9 Å². The van der Waals surface area contributed by atoms with Crippen LogP contribution in [0.25, 0.3) is 0 Å². The van der Waals surface area contributed by atoms with Gasteiger partial charge in [0.15, 0.2) is 0 Å². The van der Waals surface area contributed by atoms with Gasteiger partial charge >= 0.3 is 8.80 Å². The van der Waals surface area contributed by atoms with Gasteiger partial charge in [-0.05, 0) is 33.6 Å². The predicted octanol–water partition coefficient (Wildman–Crippen LogP) is 2.14. The smallest absolute Gasteiger partial charge is 0.374 e. The number of aryl methyl sites for hydroxylation is 2. The molecule has 0 unspecified atom stereocenters. The van der Waals surface area contributed by atoms with E-state index in [1.165, 1.54) is 0 Å². The van der Waals surface area contributed by atoms with E-state index in [4.69, 9.17) is 13.3 Å². The van der Waals surface area contributed by atoms with Crippen LogP contribution in [0, 0.1) is 0 Å². The Hall–Kier alpha value is -0.693. The molecule has 0 spiro atoms. The number of hydrogen-bond acceptors (Lipinski definition) is 3. The Morgan fingerprint density at radius 2 is 1.60 bits per heavy atom. The first kappa shape index (κ1) is 17.4. The number of unbranched alkanes of at least 4 members (excludes halogenated alkanes) is 1. The second kappa shape index (κ2) is 9.28. The first-order chi connectivity index (χ1) is 9.65. The van der Waals surface area contributed by atoms with Crippen LogP contribution in [-0.4, -0.2) is 33.2 Å². The molecule has 1 heterocycles. The summed E-state index contributed by atoms with van der Waals surface area (Å²) in [7, 11) is -0.408. The van der Waals surface area contributed by atoms with Crippen molar-refractivity contribution < 1.29 is 17.8 Å². The van der Waals surface area contributed by atoms with E-state index < -0.39 is 8.80 Å². The highest BCUT2D eigenvalue weighted by atomic mass is 28.4. The second-order valence-electron chi connectivity index (χ2n) is 4.76. The summed E-state index contributed by atoms with van der Waals surface area (Å²) >= 11 is 0. The molecular formula is C14H29N2O3Si+. The maximum absolute atomic E-state index is 5.85. The summed E-state index contributed by atoms with van der Waals surface area (Å²) < 4.78 is 21.8. The maximum Gasteiger partial charge on any atom is 0.500 e. The lowest BCUT2D eigenvalue weighted by Gasteiger charge is -2.28. The van der Waals surface area contributed by atoms with Crippen LogP contribution < -0.4 is 4.57 Å². The van der Waals surface area contributed by atoms with Crippen LogP contribution in [0.5, 0.6) is 0 Å². The number of imidazole rings is 1. The third-order valence-corrected chi connectivity index (χ3v) is 6.22. The van der Waals surface area contributed by atoms with Crippen LogP contribution in [0.1, 0.15) is 33.6 Å². The molecule has 0 aromatic carbocycles. The fourth-order valence-electron chi connectivity index (χ4n) is 2.27. The van der Waals surface area contributed by atoms with Gasteiger partial charge < -0.3 is 13.3 Å². The molecule has 0 aliphatic heterocycles. The molecule has 0 bridgehead atoms. The molecule has 1 rings (SSSR count). The minimum Gasteiger partial charge on any atom is -0.374 e. The van der Waals surface area contributed by atoms with Gasteiger partial charge in [0.25, 0.3) is 0 Å². The maximum atomic E-state index is 5.85. The largest absolute Gasteiger partial charge is 0.500 e. The van der Waals surface area contributed by atoms with E-state index in [9.17, 15) is 0 Å². The fourth-order valence-corrected chi connectivity index (χ4v) is 4.96. The summed E-state index contributed by atoms with van der Waals surface area (Å²) in [6.45, 7) is 8.98. The van der Waals surface area contributed by atoms with E-state index in [-0.39, 0.29) is 0 Å². The van der Waals surface area contributed by atoms with Gasteiger partial charge in [-0.2, -0.15) is 0 Å². The van der Waals surface area contributed by atoms with Gasteiger partial charge in [0.2, 0.25) is 6.33 Å². The Bertz CT molecular complexity index is 354. The van der Waals surface area contributed by atoms with Crippen molar-refractivity contribution in [3.63, 3.8) is 0 Å². The SMILES string of the molecule is CCO[Si](CCCCn1cc[n+](C)c1)(OCC)OCC. The minimum absolute atomic E-state index is 0.652. The molecular weight excluding hydrogens is 272 g/mol. The highest BCUT2D eigenvalue weighted by Gasteiger charge is 2.39. The third kappa shape index (κ3) is 5.74. The zero-order valence-corrected chi connectivity index (χ0v) is 14.3. The Balaban J connectivity index is 2.40. The van der Waals surface area contributed by atoms with Crippen molar-refractivity contribution in [2.24, 2.45) is 7.05 Å². The molecule has 0 atom stereocenters. The lowest BCUT2D eigenvalue weighted by molar-refractivity contribution is -0.671. The highest BCUT2D eigenvalue weighted by Crippen LogP contribution is 2.19. The monoisotopic (exact) mass is 301 g/mol. The van der Waals surface area contributed by atoms with Crippen molar-refractivity contribution in [1.29, 1.82) is 0 Å². The summed E-state index contributed by atoms with van der Waals surface area (Å²) in [6.07, 6.45) is 8.42. The number of hydrogen-bond donors (Lipinski definition) is 0. The number of rotatable bonds is 11. The summed E-state index contributed by atoms with van der Waals surface area (Å²) in [5.74, 6) is 0. The molecule has 5 nitrogen and oxygen atoms in total. The van der Waals surface area contributed by atoms with E-state index in [1.54, 1.807) is 0 Å². The van der Waals surface area contributed by atoms with Crippen molar-refractivity contribution in [3.8, 4) is 0 Å². The predicted molar refractivity (Wildman–Crippen MR) is 80.3 cm³/mol. The summed E-state index contributed by atoms with van der Waals surface area (Å²) in [5.41, 5.74) is 0. The molecule has 0 radical (unpaired) electrons. The Morgan fingerprint density at radius 3 is 2.05 bits per heavy atom. The average Bonchev–Trinajstić information content (AvgIpc) is 2.82. The van der Waals surface area contributed by atoms with Gasteiger partial charge in [0.05, 0.1) is 13.6 Å². The quantitative estimate of drug-likeness (QED) is 0.357. The average molecular weight is 301 g/mol. The fraction of sp³-hybridized carbons (Fsp3) is 0.786. The van der Waals surface area contributed by atoms with Crippen LogP contribution in [0.2, 0.25) is 6.04 Å². The van der Waals surface area contributed by atoms with Gasteiger partial charge in [-0.3, -0.25) is 0 Å². The van der Waals surface area contributed by atoms with Gasteiger partial charge in [-0.1, -0.05) is 0 Å². The number of aromatic nitrogens is 2. The molecule has 116 valence electrons. The van der Waals surface area contributed by atoms with E-state index in [0.29, 0.717) is 19.8 Å². The van der Waals surface area contributed by atoms with Crippen molar-refractivity contribution in [2.75, 3.05) is 19.8 Å². The van der Waals surface area contributed by atoms with Gasteiger partial charge in [-0.25, -0.2) is 9.13 Å². The van der Waals surface area contributed by atoms with Crippen LogP contribution in [0.4, 0.5) is 0 Å². The molecule has 0 aliphatic rings. The second-order valence-corrected chi connectivity index (χ2v) is 7.49. The van der Waals surface area contributed by atoms with E-state index in [0.717, 1.165) is 25.4 Å². The van der Waals surface area contributed by atoms with Crippen molar-refractivity contribution >= 4 is 8.80 Å². The summed E-state index contributed by atoms with van der Waals surface area (Å²) in [5, 5.41) is 0. The normalized spacial score (nSPS) is 12.0. The number of nitrogens with zero attached hydrogens (tertiary/aromatic N) is 2. The molecule has 0 saturated heterocycles. The van der Waals surface area contributed by atoms with Crippen LogP contribution >= 0.6 is 0 Å². The molecule has 0 saturated carbocycles. The summed E-state index contributed by atoms with van der Waals surface area (Å²) in [6, 6.07) is 0.899. The standard InChI is InChI=1S/C14H29N2O3Si/c1-5-17-20(18-6-2,19-7-3)13-9-8-10-16-12-11-15(4)14-16/h11-12,14H,5-10,13H2,1-4H3/q+1. The van der Waals surface area contributed by atoms with Gasteiger partial charge in [0, 0.05) is 25.9 Å². The van der Waals surface area contributed by atoms with Crippen molar-refractivity contribution in [3.05, 3.63) is 18.7 Å². The topological polar surface area (TPSA) is 36.5 Å². The van der Waals surface area contributed by atoms with Gasteiger partial charge in [-0.15, -0.1) is 0 Å². The first-order valence-corrected chi connectivity index (χ1v) is 9.51. The Kier molecular flexibility index (Phi) is 8.06. The van der Waals surface area contributed by atoms with E-state index >= 15 is 0 Å². The lowest BCUT2D eigenvalue weighted by Crippen LogP contribution is -2.45. The first-order valence-electron chi connectivity index (χ1n) is 7.58. The van der Waals surface area contributed by atoms with Crippen molar-refractivity contribution in [1.82, 2.24) is 4.57 Å². The summed E-state index contributed by atoms with van der Waals surface area (Å²) in [4.78, 5) is 0. The van der Waals surface area contributed by atoms with Crippen LogP contribution in [0.15, 0.2) is 18.7 Å². The molecule has 6 heteroatoms. The molecule has 1 aromatic rings. The zero-order valence-electron chi connectivity index (χ0n) is 13.3. The van der Waals surface area contributed by atoms with Crippen LogP contribution in [0.3, 0.4) is 0 Å². The molecule has 20 heavy (non-hydrogen) atoms. The van der Waals surface area contributed by atoms with Crippen molar-refractivity contribution in [2.45, 2.75) is 46.2 Å². The third-order valence-electron chi connectivity index (χ3n) is 3.07. The Labute approximate surface area is 123 Å². The molecule has 0 amide bonds. The Morgan fingerprint density at radius 1 is 1.00 bits per heavy atom. The van der Waals surface area contributed by atoms with E-state index in [1.807, 2.05) is 27.8 Å². The molecule has 0 aliphatic carbocycles. The van der Waals surface area contributed by atoms with Crippen LogP contribution in [-0.2, 0) is 26.9 Å². The zero-order chi connectivity index (χ0) is 14.8. The lowest BCUT2D eigenvalue weighted by atomic mass is 10.3. The highest BCUT2D eigenvalue weighted by molar-refractivity contribution is 6.60.